The second-order valence-corrected chi connectivity index (χ2v) is 6.86. The standard InChI is InChI=1S/C19H20ClFN2O3/c1-11-12(2)26-13(3)17(11)19(25)23-8-6-22(7-9-23)18(24)15-10-14(20)4-5-16(15)21/h4-5,10H,6-9H2,1-3H3. The molecule has 0 atom stereocenters. The molecule has 1 aromatic carbocycles. The Morgan fingerprint density at radius 3 is 2.12 bits per heavy atom. The lowest BCUT2D eigenvalue weighted by molar-refractivity contribution is 0.0531. The van der Waals surface area contributed by atoms with Crippen LogP contribution in [0.4, 0.5) is 4.39 Å². The summed E-state index contributed by atoms with van der Waals surface area (Å²) >= 11 is 5.86. The van der Waals surface area contributed by atoms with Crippen LogP contribution in [0.15, 0.2) is 22.6 Å². The van der Waals surface area contributed by atoms with E-state index < -0.39 is 11.7 Å². The van der Waals surface area contributed by atoms with E-state index in [9.17, 15) is 14.0 Å². The normalized spacial score (nSPS) is 14.7. The number of hydrogen-bond donors (Lipinski definition) is 0. The largest absolute Gasteiger partial charge is 0.466 e. The molecule has 1 aromatic heterocycles. The molecule has 2 amide bonds. The predicted octanol–water partition coefficient (Wildman–Crippen LogP) is 3.60. The lowest BCUT2D eigenvalue weighted by atomic mass is 10.1. The Labute approximate surface area is 156 Å². The lowest BCUT2D eigenvalue weighted by Crippen LogP contribution is -2.50. The highest BCUT2D eigenvalue weighted by Crippen LogP contribution is 2.23. The maximum absolute atomic E-state index is 13.9. The van der Waals surface area contributed by atoms with Gasteiger partial charge in [0.25, 0.3) is 11.8 Å². The number of aryl methyl sites for hydroxylation is 2. The summed E-state index contributed by atoms with van der Waals surface area (Å²) in [6.45, 7) is 6.91. The molecule has 1 aliphatic rings. The summed E-state index contributed by atoms with van der Waals surface area (Å²) in [7, 11) is 0. The molecule has 1 fully saturated rings. The zero-order chi connectivity index (χ0) is 19.0. The first kappa shape index (κ1) is 18.5. The Hall–Kier alpha value is -2.34. The van der Waals surface area contributed by atoms with Gasteiger partial charge in [-0.25, -0.2) is 4.39 Å². The van der Waals surface area contributed by atoms with Crippen LogP contribution in [0.25, 0.3) is 0 Å². The van der Waals surface area contributed by atoms with E-state index in [0.29, 0.717) is 42.5 Å². The summed E-state index contributed by atoms with van der Waals surface area (Å²) in [5, 5.41) is 0.310. The number of halogens is 2. The first-order valence-electron chi connectivity index (χ1n) is 8.39. The van der Waals surface area contributed by atoms with Crippen molar-refractivity contribution in [2.24, 2.45) is 0 Å². The molecule has 138 valence electrons. The topological polar surface area (TPSA) is 53.8 Å². The summed E-state index contributed by atoms with van der Waals surface area (Å²) in [6, 6.07) is 3.92. The Morgan fingerprint density at radius 2 is 1.58 bits per heavy atom. The van der Waals surface area contributed by atoms with Crippen molar-refractivity contribution in [1.82, 2.24) is 9.80 Å². The average molecular weight is 379 g/mol. The molecule has 2 aromatic rings. The maximum atomic E-state index is 13.9. The molecule has 2 heterocycles. The van der Waals surface area contributed by atoms with E-state index in [1.54, 1.807) is 16.7 Å². The summed E-state index contributed by atoms with van der Waals surface area (Å²) in [5.74, 6) is 0.222. The maximum Gasteiger partial charge on any atom is 0.257 e. The Balaban J connectivity index is 1.70. The van der Waals surface area contributed by atoms with E-state index in [-0.39, 0.29) is 11.5 Å². The van der Waals surface area contributed by atoms with Crippen molar-refractivity contribution < 1.29 is 18.4 Å². The fourth-order valence-electron chi connectivity index (χ4n) is 3.21. The van der Waals surface area contributed by atoms with Crippen LogP contribution in [0.3, 0.4) is 0 Å². The van der Waals surface area contributed by atoms with Crippen molar-refractivity contribution in [3.05, 3.63) is 57.2 Å². The lowest BCUT2D eigenvalue weighted by Gasteiger charge is -2.35. The number of carbonyl (C=O) groups is 2. The number of benzene rings is 1. The van der Waals surface area contributed by atoms with Crippen molar-refractivity contribution >= 4 is 23.4 Å². The average Bonchev–Trinajstić information content (AvgIpc) is 2.88. The van der Waals surface area contributed by atoms with Gasteiger partial charge in [-0.1, -0.05) is 11.6 Å². The van der Waals surface area contributed by atoms with Crippen molar-refractivity contribution in [2.75, 3.05) is 26.2 Å². The molecule has 1 aliphatic heterocycles. The molecular formula is C19H20ClFN2O3. The smallest absolute Gasteiger partial charge is 0.257 e. The monoisotopic (exact) mass is 378 g/mol. The quantitative estimate of drug-likeness (QED) is 0.802. The SMILES string of the molecule is Cc1oc(C)c(C(=O)N2CCN(C(=O)c3cc(Cl)ccc3F)CC2)c1C. The Kier molecular flexibility index (Phi) is 5.05. The number of nitrogens with zero attached hydrogens (tertiary/aromatic N) is 2. The van der Waals surface area contributed by atoms with Gasteiger partial charge in [0.1, 0.15) is 17.3 Å². The molecular weight excluding hydrogens is 359 g/mol. The van der Waals surface area contributed by atoms with Gasteiger partial charge >= 0.3 is 0 Å². The minimum absolute atomic E-state index is 0.0468. The molecule has 1 saturated heterocycles. The van der Waals surface area contributed by atoms with Crippen molar-refractivity contribution in [2.45, 2.75) is 20.8 Å². The number of carbonyl (C=O) groups excluding carboxylic acids is 2. The molecule has 0 spiro atoms. The molecule has 26 heavy (non-hydrogen) atoms. The minimum Gasteiger partial charge on any atom is -0.466 e. The summed E-state index contributed by atoms with van der Waals surface area (Å²) in [6.07, 6.45) is 0. The number of piperazine rings is 1. The van der Waals surface area contributed by atoms with Crippen molar-refractivity contribution in [1.29, 1.82) is 0 Å². The van der Waals surface area contributed by atoms with Gasteiger partial charge in [-0.05, 0) is 39.0 Å². The summed E-state index contributed by atoms with van der Waals surface area (Å²) < 4.78 is 19.4. The molecule has 3 rings (SSSR count). The van der Waals surface area contributed by atoms with Crippen LogP contribution in [-0.4, -0.2) is 47.8 Å². The molecule has 7 heteroatoms. The van der Waals surface area contributed by atoms with E-state index in [2.05, 4.69) is 0 Å². The number of furan rings is 1. The Bertz CT molecular complexity index is 870. The van der Waals surface area contributed by atoms with Crippen LogP contribution < -0.4 is 0 Å². The molecule has 0 saturated carbocycles. The molecule has 5 nitrogen and oxygen atoms in total. The van der Waals surface area contributed by atoms with Gasteiger partial charge in [0.15, 0.2) is 0 Å². The molecule has 0 radical (unpaired) electrons. The van der Waals surface area contributed by atoms with Gasteiger partial charge in [-0.2, -0.15) is 0 Å². The van der Waals surface area contributed by atoms with Gasteiger partial charge in [-0.3, -0.25) is 9.59 Å². The fraction of sp³-hybridized carbons (Fsp3) is 0.368. The third kappa shape index (κ3) is 3.33. The van der Waals surface area contributed by atoms with Crippen molar-refractivity contribution in [3.63, 3.8) is 0 Å². The van der Waals surface area contributed by atoms with E-state index in [4.69, 9.17) is 16.0 Å². The molecule has 0 aliphatic carbocycles. The fourth-order valence-corrected chi connectivity index (χ4v) is 3.38. The number of rotatable bonds is 2. The first-order chi connectivity index (χ1) is 12.3. The van der Waals surface area contributed by atoms with Crippen molar-refractivity contribution in [3.8, 4) is 0 Å². The van der Waals surface area contributed by atoms with Crippen LogP contribution >= 0.6 is 11.6 Å². The minimum atomic E-state index is -0.599. The van der Waals surface area contributed by atoms with E-state index in [1.807, 2.05) is 13.8 Å². The number of hydrogen-bond acceptors (Lipinski definition) is 3. The zero-order valence-corrected chi connectivity index (χ0v) is 15.7. The summed E-state index contributed by atoms with van der Waals surface area (Å²) in [4.78, 5) is 28.6. The predicted molar refractivity (Wildman–Crippen MR) is 96.1 cm³/mol. The van der Waals surface area contributed by atoms with Crippen LogP contribution in [0, 0.1) is 26.6 Å². The van der Waals surface area contributed by atoms with Gasteiger partial charge < -0.3 is 14.2 Å². The molecule has 0 N–H and O–H groups in total. The molecule has 0 bridgehead atoms. The van der Waals surface area contributed by atoms with Gasteiger partial charge in [0, 0.05) is 36.8 Å². The first-order valence-corrected chi connectivity index (χ1v) is 8.77. The third-order valence-electron chi connectivity index (χ3n) is 4.79. The Morgan fingerprint density at radius 1 is 1.00 bits per heavy atom. The van der Waals surface area contributed by atoms with Crippen LogP contribution in [-0.2, 0) is 0 Å². The highest BCUT2D eigenvalue weighted by atomic mass is 35.5. The van der Waals surface area contributed by atoms with Gasteiger partial charge in [0.05, 0.1) is 11.1 Å². The second kappa shape index (κ2) is 7.11. The third-order valence-corrected chi connectivity index (χ3v) is 5.02. The van der Waals surface area contributed by atoms with E-state index in [1.165, 1.54) is 18.2 Å². The highest BCUT2D eigenvalue weighted by molar-refractivity contribution is 6.31. The van der Waals surface area contributed by atoms with Gasteiger partial charge in [0.2, 0.25) is 0 Å². The second-order valence-electron chi connectivity index (χ2n) is 6.42. The van der Waals surface area contributed by atoms with E-state index >= 15 is 0 Å². The molecule has 0 unspecified atom stereocenters. The van der Waals surface area contributed by atoms with Crippen LogP contribution in [0.5, 0.6) is 0 Å². The highest BCUT2D eigenvalue weighted by Gasteiger charge is 2.29. The van der Waals surface area contributed by atoms with Crippen LogP contribution in [0.1, 0.15) is 37.8 Å². The van der Waals surface area contributed by atoms with E-state index in [0.717, 1.165) is 11.3 Å². The van der Waals surface area contributed by atoms with Gasteiger partial charge in [-0.15, -0.1) is 0 Å². The number of amides is 2. The summed E-state index contributed by atoms with van der Waals surface area (Å²) in [5.41, 5.74) is 1.38. The zero-order valence-electron chi connectivity index (χ0n) is 14.9. The van der Waals surface area contributed by atoms with Crippen LogP contribution in [0.2, 0.25) is 5.02 Å².